The summed E-state index contributed by atoms with van der Waals surface area (Å²) in [6.07, 6.45) is -3.73. The fraction of sp³-hybridized carbons (Fsp3) is 0.167. The molecule has 0 saturated heterocycles. The van der Waals surface area contributed by atoms with E-state index in [0.717, 1.165) is 6.07 Å². The van der Waals surface area contributed by atoms with E-state index in [4.69, 9.17) is 0 Å². The summed E-state index contributed by atoms with van der Waals surface area (Å²) in [7, 11) is 0. The molecule has 1 aromatic heterocycles. The van der Waals surface area contributed by atoms with Gasteiger partial charge in [-0.1, -0.05) is 12.1 Å². The number of hydrogen-bond donors (Lipinski definition) is 1. The summed E-state index contributed by atoms with van der Waals surface area (Å²) < 4.78 is 52.6. The number of nitrogens with one attached hydrogen (secondary N) is 1. The average molecular weight is 379 g/mol. The van der Waals surface area contributed by atoms with Crippen LogP contribution in [0.4, 0.5) is 23.2 Å². The molecular weight excluding hydrogens is 366 g/mol. The van der Waals surface area contributed by atoms with Gasteiger partial charge in [0.1, 0.15) is 5.82 Å². The zero-order valence-corrected chi connectivity index (χ0v) is 13.8. The standard InChI is InChI=1S/C18H13F4N3O2/c19-14-6-5-11(9-13(14)18(20,21)22)24-16(26)7-8-25-10-23-15-4-2-1-3-12(15)17(25)27/h1-6,9-10H,7-8H2,(H,24,26). The van der Waals surface area contributed by atoms with Crippen LogP contribution in [0.3, 0.4) is 0 Å². The van der Waals surface area contributed by atoms with Gasteiger partial charge < -0.3 is 5.32 Å². The summed E-state index contributed by atoms with van der Waals surface area (Å²) >= 11 is 0. The predicted molar refractivity (Wildman–Crippen MR) is 90.7 cm³/mol. The van der Waals surface area contributed by atoms with Crippen LogP contribution in [0.1, 0.15) is 12.0 Å². The minimum atomic E-state index is -4.87. The molecule has 140 valence electrons. The monoisotopic (exact) mass is 379 g/mol. The topological polar surface area (TPSA) is 64.0 Å². The average Bonchev–Trinajstić information content (AvgIpc) is 2.62. The number of amides is 1. The largest absolute Gasteiger partial charge is 0.419 e. The molecular formula is C18H13F4N3O2. The lowest BCUT2D eigenvalue weighted by Crippen LogP contribution is -2.23. The van der Waals surface area contributed by atoms with Crippen LogP contribution < -0.4 is 10.9 Å². The van der Waals surface area contributed by atoms with Crippen molar-refractivity contribution in [2.24, 2.45) is 0 Å². The van der Waals surface area contributed by atoms with Crippen molar-refractivity contribution in [3.05, 3.63) is 70.5 Å². The van der Waals surface area contributed by atoms with Crippen molar-refractivity contribution in [3.8, 4) is 0 Å². The molecule has 1 N–H and O–H groups in total. The van der Waals surface area contributed by atoms with E-state index >= 15 is 0 Å². The molecule has 0 unspecified atom stereocenters. The third-order valence-corrected chi connectivity index (χ3v) is 3.87. The second-order valence-corrected chi connectivity index (χ2v) is 5.75. The van der Waals surface area contributed by atoms with Crippen molar-refractivity contribution in [2.75, 3.05) is 5.32 Å². The Hall–Kier alpha value is -3.23. The van der Waals surface area contributed by atoms with Crippen LogP contribution in [0.2, 0.25) is 0 Å². The predicted octanol–water partition coefficient (Wildman–Crippen LogP) is 3.58. The molecule has 1 amide bonds. The van der Waals surface area contributed by atoms with Crippen LogP contribution in [-0.2, 0) is 17.5 Å². The molecule has 0 radical (unpaired) electrons. The number of aryl methyl sites for hydroxylation is 1. The van der Waals surface area contributed by atoms with Gasteiger partial charge in [0, 0.05) is 18.7 Å². The summed E-state index contributed by atoms with van der Waals surface area (Å²) in [5.41, 5.74) is -1.45. The maximum atomic E-state index is 13.3. The van der Waals surface area contributed by atoms with E-state index < -0.39 is 23.5 Å². The number of rotatable bonds is 4. The molecule has 3 aromatic rings. The number of benzene rings is 2. The number of para-hydroxylation sites is 1. The van der Waals surface area contributed by atoms with Crippen LogP contribution in [-0.4, -0.2) is 15.5 Å². The van der Waals surface area contributed by atoms with E-state index in [1.807, 2.05) is 0 Å². The molecule has 0 bridgehead atoms. The third kappa shape index (κ3) is 4.13. The van der Waals surface area contributed by atoms with Crippen LogP contribution in [0.5, 0.6) is 0 Å². The second-order valence-electron chi connectivity index (χ2n) is 5.75. The molecule has 0 aliphatic heterocycles. The third-order valence-electron chi connectivity index (χ3n) is 3.87. The molecule has 0 atom stereocenters. The number of nitrogens with zero attached hydrogens (tertiary/aromatic N) is 2. The number of hydrogen-bond acceptors (Lipinski definition) is 3. The smallest absolute Gasteiger partial charge is 0.326 e. The fourth-order valence-corrected chi connectivity index (χ4v) is 2.53. The lowest BCUT2D eigenvalue weighted by atomic mass is 10.1. The van der Waals surface area contributed by atoms with Crippen LogP contribution in [0.25, 0.3) is 10.9 Å². The van der Waals surface area contributed by atoms with Crippen LogP contribution in [0.15, 0.2) is 53.6 Å². The SMILES string of the molecule is O=C(CCn1cnc2ccccc2c1=O)Nc1ccc(F)c(C(F)(F)F)c1. The zero-order valence-electron chi connectivity index (χ0n) is 13.8. The van der Waals surface area contributed by atoms with Crippen molar-refractivity contribution < 1.29 is 22.4 Å². The molecule has 0 saturated carbocycles. The van der Waals surface area contributed by atoms with Gasteiger partial charge in [0.05, 0.1) is 22.8 Å². The van der Waals surface area contributed by atoms with Gasteiger partial charge in [0.25, 0.3) is 5.56 Å². The molecule has 2 aromatic carbocycles. The van der Waals surface area contributed by atoms with Gasteiger partial charge in [-0.15, -0.1) is 0 Å². The highest BCUT2D eigenvalue weighted by atomic mass is 19.4. The first kappa shape index (κ1) is 18.6. The number of halogens is 4. The number of carbonyl (C=O) groups excluding carboxylic acids is 1. The Morgan fingerprint density at radius 3 is 2.63 bits per heavy atom. The van der Waals surface area contributed by atoms with E-state index in [1.54, 1.807) is 24.3 Å². The molecule has 0 aliphatic rings. The summed E-state index contributed by atoms with van der Waals surface area (Å²) in [4.78, 5) is 28.4. The lowest BCUT2D eigenvalue weighted by molar-refractivity contribution is -0.140. The maximum Gasteiger partial charge on any atom is 0.419 e. The van der Waals surface area contributed by atoms with E-state index in [2.05, 4.69) is 10.3 Å². The molecule has 27 heavy (non-hydrogen) atoms. The van der Waals surface area contributed by atoms with Crippen molar-refractivity contribution in [2.45, 2.75) is 19.1 Å². The van der Waals surface area contributed by atoms with Gasteiger partial charge in [-0.3, -0.25) is 14.2 Å². The molecule has 3 rings (SSSR count). The second kappa shape index (κ2) is 7.18. The Morgan fingerprint density at radius 2 is 1.89 bits per heavy atom. The molecule has 1 heterocycles. The highest BCUT2D eigenvalue weighted by Gasteiger charge is 2.34. The normalized spacial score (nSPS) is 11.6. The molecule has 0 aliphatic carbocycles. The Balaban J connectivity index is 1.71. The zero-order chi connectivity index (χ0) is 19.6. The number of fused-ring (bicyclic) bond motifs is 1. The van der Waals surface area contributed by atoms with Gasteiger partial charge in [-0.25, -0.2) is 9.37 Å². The Bertz CT molecular complexity index is 1060. The van der Waals surface area contributed by atoms with Crippen LogP contribution in [0, 0.1) is 5.82 Å². The minimum Gasteiger partial charge on any atom is -0.326 e. The molecule has 9 heteroatoms. The van der Waals surface area contributed by atoms with Gasteiger partial charge in [0.2, 0.25) is 5.91 Å². The summed E-state index contributed by atoms with van der Waals surface area (Å²) in [5.74, 6) is -2.04. The van der Waals surface area contributed by atoms with Gasteiger partial charge in [0.15, 0.2) is 0 Å². The Morgan fingerprint density at radius 1 is 1.15 bits per heavy atom. The quantitative estimate of drug-likeness (QED) is 0.705. The van der Waals surface area contributed by atoms with Crippen molar-refractivity contribution in [1.82, 2.24) is 9.55 Å². The first-order chi connectivity index (χ1) is 12.8. The molecule has 5 nitrogen and oxygen atoms in total. The highest BCUT2D eigenvalue weighted by Crippen LogP contribution is 2.33. The van der Waals surface area contributed by atoms with Crippen molar-refractivity contribution >= 4 is 22.5 Å². The van der Waals surface area contributed by atoms with Gasteiger partial charge in [-0.05, 0) is 30.3 Å². The van der Waals surface area contributed by atoms with E-state index in [9.17, 15) is 27.2 Å². The molecule has 0 fully saturated rings. The van der Waals surface area contributed by atoms with Gasteiger partial charge >= 0.3 is 6.18 Å². The minimum absolute atomic E-state index is 0.00414. The maximum absolute atomic E-state index is 13.3. The summed E-state index contributed by atoms with van der Waals surface area (Å²) in [6.45, 7) is -0.00414. The van der Waals surface area contributed by atoms with Crippen LogP contribution >= 0.6 is 0 Å². The molecule has 0 spiro atoms. The van der Waals surface area contributed by atoms with Crippen molar-refractivity contribution in [1.29, 1.82) is 0 Å². The Labute approximate surface area is 150 Å². The highest BCUT2D eigenvalue weighted by molar-refractivity contribution is 5.90. The van der Waals surface area contributed by atoms with E-state index in [-0.39, 0.29) is 24.2 Å². The lowest BCUT2D eigenvalue weighted by Gasteiger charge is -2.11. The summed E-state index contributed by atoms with van der Waals surface area (Å²) in [5, 5.41) is 2.66. The number of aromatic nitrogens is 2. The van der Waals surface area contributed by atoms with Crippen molar-refractivity contribution in [3.63, 3.8) is 0 Å². The first-order valence-electron chi connectivity index (χ1n) is 7.86. The summed E-state index contributed by atoms with van der Waals surface area (Å²) in [6, 6.07) is 8.91. The van der Waals surface area contributed by atoms with E-state index in [0.29, 0.717) is 23.0 Å². The number of anilines is 1. The number of carbonyl (C=O) groups is 1. The number of alkyl halides is 3. The first-order valence-corrected chi connectivity index (χ1v) is 7.86. The van der Waals surface area contributed by atoms with E-state index in [1.165, 1.54) is 10.9 Å². The fourth-order valence-electron chi connectivity index (χ4n) is 2.53. The van der Waals surface area contributed by atoms with Gasteiger partial charge in [-0.2, -0.15) is 13.2 Å². The Kier molecular flexibility index (Phi) is 4.93.